The van der Waals surface area contributed by atoms with Crippen LogP contribution in [0, 0.1) is 5.92 Å². The van der Waals surface area contributed by atoms with E-state index in [9.17, 15) is 18.3 Å². The van der Waals surface area contributed by atoms with Crippen molar-refractivity contribution in [1.29, 1.82) is 0 Å². The van der Waals surface area contributed by atoms with Crippen LogP contribution < -0.4 is 0 Å². The van der Waals surface area contributed by atoms with Gasteiger partial charge in [0.1, 0.15) is 4.90 Å². The number of halogens is 2. The number of rotatable bonds is 4. The van der Waals surface area contributed by atoms with Crippen molar-refractivity contribution >= 4 is 39.0 Å². The molecule has 2 aliphatic carbocycles. The standard InChI is InChI=1S/C20H22Cl2N2O4S/c21-13-3-1-4-14(22)19(13)29(27,28)16-6-2-5-15-17(16)18(24-23-15)11-7-9-12(10-8-11)20(25)26/h1,3-4,11-12,16H,2,5-10H2,(H,23,24)(H,25,26). The Morgan fingerprint density at radius 3 is 2.38 bits per heavy atom. The van der Waals surface area contributed by atoms with Crippen molar-refractivity contribution in [3.05, 3.63) is 45.2 Å². The second-order valence-corrected chi connectivity index (χ2v) is 10.7. The summed E-state index contributed by atoms with van der Waals surface area (Å²) in [5.74, 6) is -1.04. The van der Waals surface area contributed by atoms with Crippen molar-refractivity contribution < 1.29 is 18.3 Å². The van der Waals surface area contributed by atoms with Crippen LogP contribution in [0.15, 0.2) is 23.1 Å². The number of aryl methyl sites for hydroxylation is 1. The highest BCUT2D eigenvalue weighted by Gasteiger charge is 2.40. The number of benzene rings is 1. The van der Waals surface area contributed by atoms with Crippen LogP contribution >= 0.6 is 23.2 Å². The van der Waals surface area contributed by atoms with Crippen molar-refractivity contribution in [3.63, 3.8) is 0 Å². The van der Waals surface area contributed by atoms with Crippen molar-refractivity contribution in [1.82, 2.24) is 10.2 Å². The smallest absolute Gasteiger partial charge is 0.306 e. The summed E-state index contributed by atoms with van der Waals surface area (Å²) >= 11 is 12.5. The highest BCUT2D eigenvalue weighted by molar-refractivity contribution is 7.92. The molecule has 2 aliphatic rings. The second kappa shape index (κ2) is 7.93. The van der Waals surface area contributed by atoms with Crippen LogP contribution in [0.2, 0.25) is 10.0 Å². The Hall–Kier alpha value is -1.57. The van der Waals surface area contributed by atoms with E-state index in [0.717, 1.165) is 29.8 Å². The molecule has 1 aromatic heterocycles. The summed E-state index contributed by atoms with van der Waals surface area (Å²) in [5.41, 5.74) is 2.36. The van der Waals surface area contributed by atoms with Gasteiger partial charge in [-0.05, 0) is 57.1 Å². The fourth-order valence-corrected chi connectivity index (χ4v) is 7.75. The van der Waals surface area contributed by atoms with Gasteiger partial charge in [-0.15, -0.1) is 0 Å². The highest BCUT2D eigenvalue weighted by Crippen LogP contribution is 2.47. The number of hydrogen-bond acceptors (Lipinski definition) is 4. The number of aromatic nitrogens is 2. The van der Waals surface area contributed by atoms with E-state index in [-0.39, 0.29) is 26.8 Å². The molecular weight excluding hydrogens is 435 g/mol. The first-order valence-electron chi connectivity index (χ1n) is 9.78. The topological polar surface area (TPSA) is 100 Å². The molecule has 1 heterocycles. The Morgan fingerprint density at radius 2 is 1.76 bits per heavy atom. The first-order valence-corrected chi connectivity index (χ1v) is 12.1. The predicted molar refractivity (Wildman–Crippen MR) is 110 cm³/mol. The number of carbonyl (C=O) groups is 1. The van der Waals surface area contributed by atoms with E-state index in [1.807, 2.05) is 0 Å². The largest absolute Gasteiger partial charge is 0.481 e. The molecule has 0 saturated heterocycles. The Balaban J connectivity index is 1.72. The number of aliphatic carboxylic acids is 1. The lowest BCUT2D eigenvalue weighted by Crippen LogP contribution is -2.24. The third-order valence-electron chi connectivity index (χ3n) is 6.17. The van der Waals surface area contributed by atoms with E-state index in [1.165, 1.54) is 12.1 Å². The van der Waals surface area contributed by atoms with Crippen LogP contribution in [-0.2, 0) is 21.1 Å². The lowest BCUT2D eigenvalue weighted by Gasteiger charge is -2.29. The molecule has 0 spiro atoms. The predicted octanol–water partition coefficient (Wildman–Crippen LogP) is 4.93. The summed E-state index contributed by atoms with van der Waals surface area (Å²) in [6.45, 7) is 0. The maximum absolute atomic E-state index is 13.6. The third-order valence-corrected chi connectivity index (χ3v) is 9.25. The summed E-state index contributed by atoms with van der Waals surface area (Å²) in [4.78, 5) is 11.2. The molecule has 1 atom stereocenters. The van der Waals surface area contributed by atoms with Crippen LogP contribution in [0.25, 0.3) is 0 Å². The van der Waals surface area contributed by atoms with E-state index in [2.05, 4.69) is 10.2 Å². The van der Waals surface area contributed by atoms with Gasteiger partial charge in [0.15, 0.2) is 9.84 Å². The zero-order valence-electron chi connectivity index (χ0n) is 15.7. The number of fused-ring (bicyclic) bond motifs is 1. The van der Waals surface area contributed by atoms with Crippen LogP contribution in [0.3, 0.4) is 0 Å². The minimum absolute atomic E-state index is 0.0251. The van der Waals surface area contributed by atoms with Gasteiger partial charge in [0.2, 0.25) is 0 Å². The first kappa shape index (κ1) is 20.7. The van der Waals surface area contributed by atoms with Gasteiger partial charge in [-0.25, -0.2) is 8.42 Å². The van der Waals surface area contributed by atoms with E-state index < -0.39 is 21.1 Å². The van der Waals surface area contributed by atoms with Crippen molar-refractivity contribution in [2.24, 2.45) is 5.92 Å². The van der Waals surface area contributed by atoms with E-state index >= 15 is 0 Å². The maximum Gasteiger partial charge on any atom is 0.306 e. The minimum Gasteiger partial charge on any atom is -0.481 e. The number of aromatic amines is 1. The molecule has 0 bridgehead atoms. The summed E-state index contributed by atoms with van der Waals surface area (Å²) in [6.07, 6.45) is 4.49. The molecule has 9 heteroatoms. The van der Waals surface area contributed by atoms with Crippen LogP contribution in [0.5, 0.6) is 0 Å². The van der Waals surface area contributed by atoms with Gasteiger partial charge in [0, 0.05) is 17.2 Å². The van der Waals surface area contributed by atoms with E-state index in [1.54, 1.807) is 6.07 Å². The number of H-pyrrole nitrogens is 1. The molecule has 29 heavy (non-hydrogen) atoms. The molecule has 0 aliphatic heterocycles. The summed E-state index contributed by atoms with van der Waals surface area (Å²) in [7, 11) is -3.81. The molecule has 6 nitrogen and oxygen atoms in total. The average molecular weight is 457 g/mol. The molecule has 1 fully saturated rings. The number of hydrogen-bond donors (Lipinski definition) is 2. The Morgan fingerprint density at radius 1 is 1.10 bits per heavy atom. The SMILES string of the molecule is O=C(O)C1CCC(c2n[nH]c3c2C(S(=O)(=O)c2c(Cl)cccc2Cl)CCC3)CC1. The van der Waals surface area contributed by atoms with Gasteiger partial charge in [-0.1, -0.05) is 29.3 Å². The lowest BCUT2D eigenvalue weighted by atomic mass is 9.78. The monoisotopic (exact) mass is 456 g/mol. The molecule has 1 aromatic carbocycles. The molecular formula is C20H22Cl2N2O4S. The Kier molecular flexibility index (Phi) is 5.66. The second-order valence-electron chi connectivity index (χ2n) is 7.86. The van der Waals surface area contributed by atoms with Crippen LogP contribution in [0.4, 0.5) is 0 Å². The number of sulfone groups is 1. The average Bonchev–Trinajstić information content (AvgIpc) is 3.11. The normalized spacial score (nSPS) is 24.8. The molecule has 2 aromatic rings. The van der Waals surface area contributed by atoms with Crippen molar-refractivity contribution in [2.45, 2.75) is 61.0 Å². The molecule has 2 N–H and O–H groups in total. The lowest BCUT2D eigenvalue weighted by molar-refractivity contribution is -0.142. The van der Waals surface area contributed by atoms with Gasteiger partial charge in [0.05, 0.1) is 26.9 Å². The maximum atomic E-state index is 13.6. The Labute approximate surface area is 179 Å². The fourth-order valence-electron chi connectivity index (χ4n) is 4.69. The Bertz CT molecular complexity index is 1020. The zero-order valence-corrected chi connectivity index (χ0v) is 18.0. The third kappa shape index (κ3) is 3.68. The summed E-state index contributed by atoms with van der Waals surface area (Å²) in [5, 5.41) is 16.3. The van der Waals surface area contributed by atoms with Crippen LogP contribution in [-0.4, -0.2) is 29.7 Å². The quantitative estimate of drug-likeness (QED) is 0.679. The molecule has 1 saturated carbocycles. The number of carboxylic acid groups (broad SMARTS) is 1. The first-order chi connectivity index (χ1) is 13.8. The molecule has 0 radical (unpaired) electrons. The van der Waals surface area contributed by atoms with Gasteiger partial charge in [-0.2, -0.15) is 5.10 Å². The van der Waals surface area contributed by atoms with Gasteiger partial charge in [-0.3, -0.25) is 9.89 Å². The van der Waals surface area contributed by atoms with Gasteiger partial charge in [0.25, 0.3) is 0 Å². The van der Waals surface area contributed by atoms with E-state index in [4.69, 9.17) is 23.2 Å². The number of carboxylic acids is 1. The van der Waals surface area contributed by atoms with Crippen molar-refractivity contribution in [3.8, 4) is 0 Å². The zero-order chi connectivity index (χ0) is 20.8. The molecule has 156 valence electrons. The van der Waals surface area contributed by atoms with Crippen molar-refractivity contribution in [2.75, 3.05) is 0 Å². The fraction of sp³-hybridized carbons (Fsp3) is 0.500. The van der Waals surface area contributed by atoms with E-state index in [0.29, 0.717) is 32.1 Å². The highest BCUT2D eigenvalue weighted by atomic mass is 35.5. The van der Waals surface area contributed by atoms with Gasteiger partial charge < -0.3 is 5.11 Å². The van der Waals surface area contributed by atoms with Gasteiger partial charge >= 0.3 is 5.97 Å². The van der Waals surface area contributed by atoms with Crippen LogP contribution in [0.1, 0.15) is 66.6 Å². The molecule has 1 unspecified atom stereocenters. The molecule has 0 amide bonds. The minimum atomic E-state index is -3.81. The summed E-state index contributed by atoms with van der Waals surface area (Å²) < 4.78 is 27.2. The number of nitrogens with zero attached hydrogens (tertiary/aromatic N) is 1. The molecule has 4 rings (SSSR count). The summed E-state index contributed by atoms with van der Waals surface area (Å²) in [6, 6.07) is 4.70. The number of nitrogens with one attached hydrogen (secondary N) is 1.